The van der Waals surface area contributed by atoms with Crippen LogP contribution in [0.3, 0.4) is 0 Å². The Morgan fingerprint density at radius 3 is 2.65 bits per heavy atom. The van der Waals surface area contributed by atoms with Gasteiger partial charge in [0.2, 0.25) is 15.9 Å². The summed E-state index contributed by atoms with van der Waals surface area (Å²) in [6, 6.07) is 9.66. The first-order chi connectivity index (χ1) is 12.5. The third-order valence-electron chi connectivity index (χ3n) is 4.26. The van der Waals surface area contributed by atoms with Crippen LogP contribution in [0.4, 0.5) is 0 Å². The smallest absolute Gasteiger partial charge is 0.251 e. The number of rotatable bonds is 6. The Morgan fingerprint density at radius 2 is 2.00 bits per heavy atom. The highest BCUT2D eigenvalue weighted by atomic mass is 32.2. The molecule has 0 saturated carbocycles. The van der Waals surface area contributed by atoms with Crippen LogP contribution in [-0.2, 0) is 16.6 Å². The van der Waals surface area contributed by atoms with Gasteiger partial charge >= 0.3 is 0 Å². The first kappa shape index (κ1) is 18.3. The van der Waals surface area contributed by atoms with E-state index in [4.69, 9.17) is 4.74 Å². The molecule has 2 heterocycles. The van der Waals surface area contributed by atoms with E-state index in [1.807, 2.05) is 0 Å². The number of aromatic nitrogens is 1. The molecule has 1 saturated heterocycles. The highest BCUT2D eigenvalue weighted by molar-refractivity contribution is 7.89. The molecule has 26 heavy (non-hydrogen) atoms. The summed E-state index contributed by atoms with van der Waals surface area (Å²) in [4.78, 5) is 16.6. The van der Waals surface area contributed by atoms with Crippen LogP contribution in [0.5, 0.6) is 5.88 Å². The fourth-order valence-corrected chi connectivity index (χ4v) is 4.36. The van der Waals surface area contributed by atoms with Crippen LogP contribution in [0, 0.1) is 0 Å². The third kappa shape index (κ3) is 4.03. The molecule has 0 aliphatic carbocycles. The molecule has 1 amide bonds. The van der Waals surface area contributed by atoms with Gasteiger partial charge in [0.25, 0.3) is 5.91 Å². The van der Waals surface area contributed by atoms with Gasteiger partial charge in [-0.2, -0.15) is 4.31 Å². The number of nitrogens with zero attached hydrogens (tertiary/aromatic N) is 2. The van der Waals surface area contributed by atoms with Crippen molar-refractivity contribution in [2.45, 2.75) is 24.3 Å². The Hall–Kier alpha value is -2.45. The van der Waals surface area contributed by atoms with Gasteiger partial charge in [-0.3, -0.25) is 4.79 Å². The van der Waals surface area contributed by atoms with Crippen molar-refractivity contribution in [3.8, 4) is 5.88 Å². The lowest BCUT2D eigenvalue weighted by Crippen LogP contribution is -2.28. The standard InChI is InChI=1S/C18H21N3O4S/c1-25-17-8-7-14(12-19-17)13-20-18(22)15-5-4-6-16(11-15)26(23,24)21-9-2-3-10-21/h4-8,11-12H,2-3,9-10,13H2,1H3,(H,20,22). The highest BCUT2D eigenvalue weighted by Crippen LogP contribution is 2.21. The highest BCUT2D eigenvalue weighted by Gasteiger charge is 2.27. The van der Waals surface area contributed by atoms with E-state index in [9.17, 15) is 13.2 Å². The monoisotopic (exact) mass is 375 g/mol. The number of sulfonamides is 1. The Morgan fingerprint density at radius 1 is 1.23 bits per heavy atom. The molecule has 1 N–H and O–H groups in total. The fourth-order valence-electron chi connectivity index (χ4n) is 2.80. The molecule has 0 unspecified atom stereocenters. The molecule has 1 aliphatic heterocycles. The molecule has 7 nitrogen and oxygen atoms in total. The van der Waals surface area contributed by atoms with E-state index in [2.05, 4.69) is 10.3 Å². The number of pyridine rings is 1. The average molecular weight is 375 g/mol. The number of nitrogens with one attached hydrogen (secondary N) is 1. The maximum Gasteiger partial charge on any atom is 0.251 e. The molecular weight excluding hydrogens is 354 g/mol. The van der Waals surface area contributed by atoms with E-state index >= 15 is 0 Å². The van der Waals surface area contributed by atoms with Crippen molar-refractivity contribution in [2.75, 3.05) is 20.2 Å². The Labute approximate surface area is 153 Å². The van der Waals surface area contributed by atoms with Gasteiger partial charge in [0.05, 0.1) is 12.0 Å². The van der Waals surface area contributed by atoms with Crippen LogP contribution >= 0.6 is 0 Å². The van der Waals surface area contributed by atoms with Crippen molar-refractivity contribution < 1.29 is 17.9 Å². The van der Waals surface area contributed by atoms with Gasteiger partial charge in [-0.15, -0.1) is 0 Å². The summed E-state index contributed by atoms with van der Waals surface area (Å²) in [5.74, 6) is 0.166. The summed E-state index contributed by atoms with van der Waals surface area (Å²) in [6.45, 7) is 1.35. The lowest BCUT2D eigenvalue weighted by atomic mass is 10.2. The number of benzene rings is 1. The first-order valence-electron chi connectivity index (χ1n) is 8.38. The summed E-state index contributed by atoms with van der Waals surface area (Å²) in [5.41, 5.74) is 1.13. The largest absolute Gasteiger partial charge is 0.481 e. The van der Waals surface area contributed by atoms with Crippen molar-refractivity contribution in [1.29, 1.82) is 0 Å². The predicted molar refractivity (Wildman–Crippen MR) is 96.4 cm³/mol. The zero-order valence-corrected chi connectivity index (χ0v) is 15.3. The minimum absolute atomic E-state index is 0.151. The summed E-state index contributed by atoms with van der Waals surface area (Å²) in [5, 5.41) is 2.77. The van der Waals surface area contributed by atoms with Gasteiger partial charge in [0.15, 0.2) is 0 Å². The zero-order valence-electron chi connectivity index (χ0n) is 14.5. The summed E-state index contributed by atoms with van der Waals surface area (Å²) in [7, 11) is -2.01. The maximum absolute atomic E-state index is 12.6. The predicted octanol–water partition coefficient (Wildman–Crippen LogP) is 1.80. The van der Waals surface area contributed by atoms with Crippen LogP contribution < -0.4 is 10.1 Å². The number of carbonyl (C=O) groups is 1. The minimum Gasteiger partial charge on any atom is -0.481 e. The van der Waals surface area contributed by atoms with Gasteiger partial charge in [-0.1, -0.05) is 12.1 Å². The SMILES string of the molecule is COc1ccc(CNC(=O)c2cccc(S(=O)(=O)N3CCCC3)c2)cn1. The fraction of sp³-hybridized carbons (Fsp3) is 0.333. The van der Waals surface area contributed by atoms with Gasteiger partial charge in [0, 0.05) is 37.5 Å². The van der Waals surface area contributed by atoms with Gasteiger partial charge in [-0.05, 0) is 36.6 Å². The van der Waals surface area contributed by atoms with Crippen molar-refractivity contribution in [3.63, 3.8) is 0 Å². The second-order valence-electron chi connectivity index (χ2n) is 6.03. The van der Waals surface area contributed by atoms with E-state index < -0.39 is 10.0 Å². The average Bonchev–Trinajstić information content (AvgIpc) is 3.22. The van der Waals surface area contributed by atoms with Crippen LogP contribution in [0.15, 0.2) is 47.5 Å². The molecule has 1 aromatic heterocycles. The Kier molecular flexibility index (Phi) is 5.53. The minimum atomic E-state index is -3.54. The lowest BCUT2D eigenvalue weighted by molar-refractivity contribution is 0.0950. The molecule has 138 valence electrons. The van der Waals surface area contributed by atoms with Crippen LogP contribution in [0.1, 0.15) is 28.8 Å². The van der Waals surface area contributed by atoms with Crippen LogP contribution in [0.25, 0.3) is 0 Å². The topological polar surface area (TPSA) is 88.6 Å². The molecule has 1 fully saturated rings. The molecule has 2 aromatic rings. The maximum atomic E-state index is 12.6. The number of hydrogen-bond acceptors (Lipinski definition) is 5. The normalized spacial score (nSPS) is 15.0. The lowest BCUT2D eigenvalue weighted by Gasteiger charge is -2.16. The Balaban J connectivity index is 1.69. The third-order valence-corrected chi connectivity index (χ3v) is 6.15. The molecule has 0 atom stereocenters. The van der Waals surface area contributed by atoms with Crippen LogP contribution in [0.2, 0.25) is 0 Å². The van der Waals surface area contributed by atoms with Crippen LogP contribution in [-0.4, -0.2) is 43.8 Å². The van der Waals surface area contributed by atoms with Gasteiger partial charge < -0.3 is 10.1 Å². The van der Waals surface area contributed by atoms with Gasteiger partial charge in [0.1, 0.15) is 0 Å². The molecule has 0 bridgehead atoms. The van der Waals surface area contributed by atoms with E-state index in [0.29, 0.717) is 31.1 Å². The molecule has 1 aromatic carbocycles. The number of ether oxygens (including phenoxy) is 1. The quantitative estimate of drug-likeness (QED) is 0.832. The van der Waals surface area contributed by atoms with Gasteiger partial charge in [-0.25, -0.2) is 13.4 Å². The number of hydrogen-bond donors (Lipinski definition) is 1. The summed E-state index contributed by atoms with van der Waals surface area (Å²) < 4.78 is 31.7. The summed E-state index contributed by atoms with van der Waals surface area (Å²) >= 11 is 0. The second-order valence-corrected chi connectivity index (χ2v) is 7.97. The van der Waals surface area contributed by atoms with Crippen molar-refractivity contribution >= 4 is 15.9 Å². The Bertz CT molecular complexity index is 876. The molecular formula is C18H21N3O4S. The number of carbonyl (C=O) groups excluding carboxylic acids is 1. The zero-order chi connectivity index (χ0) is 18.6. The van der Waals surface area contributed by atoms with E-state index in [-0.39, 0.29) is 10.8 Å². The number of amides is 1. The first-order valence-corrected chi connectivity index (χ1v) is 9.82. The number of methoxy groups -OCH3 is 1. The van der Waals surface area contributed by atoms with Crippen molar-refractivity contribution in [1.82, 2.24) is 14.6 Å². The van der Waals surface area contributed by atoms with Crippen molar-refractivity contribution in [2.24, 2.45) is 0 Å². The summed E-state index contributed by atoms with van der Waals surface area (Å²) in [6.07, 6.45) is 3.36. The molecule has 1 aliphatic rings. The molecule has 8 heteroatoms. The van der Waals surface area contributed by atoms with E-state index in [0.717, 1.165) is 18.4 Å². The van der Waals surface area contributed by atoms with E-state index in [1.165, 1.54) is 23.5 Å². The molecule has 0 spiro atoms. The molecule has 3 rings (SSSR count). The molecule has 0 radical (unpaired) electrons. The van der Waals surface area contributed by atoms with Crippen molar-refractivity contribution in [3.05, 3.63) is 53.7 Å². The second kappa shape index (κ2) is 7.84. The van der Waals surface area contributed by atoms with E-state index in [1.54, 1.807) is 30.5 Å².